The van der Waals surface area contributed by atoms with Crippen LogP contribution < -0.4 is 10.2 Å². The number of hydrogen-bond donors (Lipinski definition) is 1. The first-order valence-corrected chi connectivity index (χ1v) is 11.0. The van der Waals surface area contributed by atoms with Gasteiger partial charge in [0, 0.05) is 39.6 Å². The molecule has 0 bridgehead atoms. The van der Waals surface area contributed by atoms with Crippen molar-refractivity contribution in [3.05, 3.63) is 51.3 Å². The Hall–Kier alpha value is -2.03. The molecule has 2 amide bonds. The first-order valence-electron chi connectivity index (χ1n) is 8.47. The minimum atomic E-state index is -0.121. The molecule has 8 heteroatoms. The summed E-state index contributed by atoms with van der Waals surface area (Å²) in [4.78, 5) is 31.7. The summed E-state index contributed by atoms with van der Waals surface area (Å²) in [5, 5.41) is 7.76. The van der Waals surface area contributed by atoms with E-state index in [1.54, 1.807) is 16.2 Å². The number of hydrogen-bond acceptors (Lipinski definition) is 5. The van der Waals surface area contributed by atoms with Crippen molar-refractivity contribution in [3.63, 3.8) is 0 Å². The Morgan fingerprint density at radius 2 is 2.15 bits per heavy atom. The minimum Gasteiger partial charge on any atom is -0.326 e. The molecule has 2 aromatic heterocycles. The number of halogens is 1. The van der Waals surface area contributed by atoms with Crippen LogP contribution in [-0.4, -0.2) is 23.3 Å². The fourth-order valence-corrected chi connectivity index (χ4v) is 5.30. The van der Waals surface area contributed by atoms with Gasteiger partial charge in [0.1, 0.15) is 5.01 Å². The number of thiophene rings is 1. The van der Waals surface area contributed by atoms with E-state index >= 15 is 0 Å². The first kappa shape index (κ1) is 18.3. The standard InChI is InChI=1S/C19H16BrN3O2S2/c20-12-7-16(26-10-12)19-22-14(11-27-19)9-17(24)21-13-3-1-4-15(8-13)23-6-2-5-18(23)25/h1,3-4,7-8,10-11H,2,5-6,9H2,(H,21,24). The summed E-state index contributed by atoms with van der Waals surface area (Å²) in [7, 11) is 0. The molecule has 1 aliphatic rings. The summed E-state index contributed by atoms with van der Waals surface area (Å²) in [5.41, 5.74) is 2.27. The molecule has 4 rings (SSSR count). The summed E-state index contributed by atoms with van der Waals surface area (Å²) in [5.74, 6) is 0.0119. The second-order valence-electron chi connectivity index (χ2n) is 6.20. The van der Waals surface area contributed by atoms with E-state index < -0.39 is 0 Å². The van der Waals surface area contributed by atoms with Crippen LogP contribution in [0.5, 0.6) is 0 Å². The Labute approximate surface area is 173 Å². The maximum atomic E-state index is 12.4. The van der Waals surface area contributed by atoms with Crippen molar-refractivity contribution in [1.82, 2.24) is 4.98 Å². The summed E-state index contributed by atoms with van der Waals surface area (Å²) in [6, 6.07) is 9.45. The lowest BCUT2D eigenvalue weighted by Gasteiger charge is -2.16. The molecule has 1 aromatic carbocycles. The van der Waals surface area contributed by atoms with Crippen LogP contribution in [0, 0.1) is 0 Å². The summed E-state index contributed by atoms with van der Waals surface area (Å²) >= 11 is 6.60. The zero-order valence-electron chi connectivity index (χ0n) is 14.3. The lowest BCUT2D eigenvalue weighted by molar-refractivity contribution is -0.117. The molecule has 138 valence electrons. The molecular formula is C19H16BrN3O2S2. The van der Waals surface area contributed by atoms with Gasteiger partial charge >= 0.3 is 0 Å². The molecule has 0 spiro atoms. The number of carbonyl (C=O) groups excluding carboxylic acids is 2. The van der Waals surface area contributed by atoms with Gasteiger partial charge in [-0.3, -0.25) is 9.59 Å². The lowest BCUT2D eigenvalue weighted by Crippen LogP contribution is -2.23. The quantitative estimate of drug-likeness (QED) is 0.584. The number of benzene rings is 1. The smallest absolute Gasteiger partial charge is 0.230 e. The maximum Gasteiger partial charge on any atom is 0.230 e. The van der Waals surface area contributed by atoms with Crippen molar-refractivity contribution in [2.75, 3.05) is 16.8 Å². The van der Waals surface area contributed by atoms with Gasteiger partial charge in [0.25, 0.3) is 0 Å². The van der Waals surface area contributed by atoms with Crippen LogP contribution in [-0.2, 0) is 16.0 Å². The first-order chi connectivity index (χ1) is 13.1. The highest BCUT2D eigenvalue weighted by Crippen LogP contribution is 2.32. The third kappa shape index (κ3) is 4.28. The molecule has 0 unspecified atom stereocenters. The summed E-state index contributed by atoms with van der Waals surface area (Å²) in [6.07, 6.45) is 1.68. The molecule has 0 aliphatic carbocycles. The normalized spacial score (nSPS) is 14.0. The molecule has 3 aromatic rings. The van der Waals surface area contributed by atoms with Crippen LogP contribution in [0.2, 0.25) is 0 Å². The second-order valence-corrected chi connectivity index (χ2v) is 8.88. The van der Waals surface area contributed by atoms with Crippen molar-refractivity contribution in [2.24, 2.45) is 0 Å². The number of rotatable bonds is 5. The number of thiazole rings is 1. The van der Waals surface area contributed by atoms with Gasteiger partial charge in [-0.1, -0.05) is 6.07 Å². The molecule has 1 N–H and O–H groups in total. The Bertz CT molecular complexity index is 998. The molecule has 5 nitrogen and oxygen atoms in total. The minimum absolute atomic E-state index is 0.121. The van der Waals surface area contributed by atoms with Crippen LogP contribution in [0.15, 0.2) is 45.6 Å². The molecule has 1 fully saturated rings. The monoisotopic (exact) mass is 461 g/mol. The SMILES string of the molecule is O=C(Cc1csc(-c2cc(Br)cs2)n1)Nc1cccc(N2CCCC2=O)c1. The lowest BCUT2D eigenvalue weighted by atomic mass is 10.2. The van der Waals surface area contributed by atoms with Crippen molar-refractivity contribution in [3.8, 4) is 9.88 Å². The van der Waals surface area contributed by atoms with Crippen molar-refractivity contribution < 1.29 is 9.59 Å². The van der Waals surface area contributed by atoms with Gasteiger partial charge in [0.2, 0.25) is 11.8 Å². The van der Waals surface area contributed by atoms with Gasteiger partial charge in [-0.25, -0.2) is 4.98 Å². The van der Waals surface area contributed by atoms with Gasteiger partial charge in [-0.15, -0.1) is 22.7 Å². The van der Waals surface area contributed by atoms with Crippen LogP contribution >= 0.6 is 38.6 Å². The topological polar surface area (TPSA) is 62.3 Å². The predicted molar refractivity (Wildman–Crippen MR) is 113 cm³/mol. The number of nitrogens with zero attached hydrogens (tertiary/aromatic N) is 2. The molecule has 3 heterocycles. The van der Waals surface area contributed by atoms with E-state index in [9.17, 15) is 9.59 Å². The fraction of sp³-hybridized carbons (Fsp3) is 0.211. The van der Waals surface area contributed by atoms with Gasteiger partial charge < -0.3 is 10.2 Å². The van der Waals surface area contributed by atoms with E-state index in [1.165, 1.54) is 11.3 Å². The Kier molecular flexibility index (Phi) is 5.38. The largest absolute Gasteiger partial charge is 0.326 e. The van der Waals surface area contributed by atoms with Crippen LogP contribution in [0.4, 0.5) is 11.4 Å². The average molecular weight is 462 g/mol. The number of amides is 2. The summed E-state index contributed by atoms with van der Waals surface area (Å²) in [6.45, 7) is 0.733. The van der Waals surface area contributed by atoms with E-state index in [1.807, 2.05) is 41.1 Å². The highest BCUT2D eigenvalue weighted by Gasteiger charge is 2.21. The van der Waals surface area contributed by atoms with E-state index in [-0.39, 0.29) is 18.2 Å². The van der Waals surface area contributed by atoms with E-state index in [0.29, 0.717) is 12.1 Å². The van der Waals surface area contributed by atoms with Crippen molar-refractivity contribution in [1.29, 1.82) is 0 Å². The van der Waals surface area contributed by atoms with Crippen LogP contribution in [0.1, 0.15) is 18.5 Å². The van der Waals surface area contributed by atoms with Gasteiger partial charge in [0.05, 0.1) is 17.0 Å². The second kappa shape index (κ2) is 7.92. The Morgan fingerprint density at radius 1 is 1.26 bits per heavy atom. The maximum absolute atomic E-state index is 12.4. The molecule has 1 saturated heterocycles. The van der Waals surface area contributed by atoms with E-state index in [0.717, 1.165) is 38.7 Å². The average Bonchev–Trinajstić information content (AvgIpc) is 3.36. The number of aromatic nitrogens is 1. The highest BCUT2D eigenvalue weighted by atomic mass is 79.9. The zero-order valence-corrected chi connectivity index (χ0v) is 17.5. The van der Waals surface area contributed by atoms with Crippen molar-refractivity contribution in [2.45, 2.75) is 19.3 Å². The van der Waals surface area contributed by atoms with Gasteiger partial charge in [0.15, 0.2) is 0 Å². The number of nitrogens with one attached hydrogen (secondary N) is 1. The van der Waals surface area contributed by atoms with Gasteiger partial charge in [-0.2, -0.15) is 0 Å². The predicted octanol–water partition coefficient (Wildman–Crippen LogP) is 4.94. The molecule has 1 aliphatic heterocycles. The summed E-state index contributed by atoms with van der Waals surface area (Å²) < 4.78 is 1.04. The fourth-order valence-electron chi connectivity index (χ4n) is 2.97. The molecular weight excluding hydrogens is 446 g/mol. The molecule has 0 radical (unpaired) electrons. The highest BCUT2D eigenvalue weighted by molar-refractivity contribution is 9.10. The molecule has 0 atom stereocenters. The number of carbonyl (C=O) groups is 2. The van der Waals surface area contributed by atoms with Gasteiger partial charge in [-0.05, 0) is 46.6 Å². The molecule has 0 saturated carbocycles. The molecule has 27 heavy (non-hydrogen) atoms. The Balaban J connectivity index is 1.41. The van der Waals surface area contributed by atoms with E-state index in [2.05, 4.69) is 26.2 Å². The van der Waals surface area contributed by atoms with Crippen molar-refractivity contribution >= 4 is 61.8 Å². The van der Waals surface area contributed by atoms with Crippen LogP contribution in [0.3, 0.4) is 0 Å². The third-order valence-corrected chi connectivity index (χ3v) is 6.94. The van der Waals surface area contributed by atoms with Crippen LogP contribution in [0.25, 0.3) is 9.88 Å². The third-order valence-electron chi connectivity index (χ3n) is 4.19. The number of anilines is 2. The van der Waals surface area contributed by atoms with E-state index in [4.69, 9.17) is 0 Å². The Morgan fingerprint density at radius 3 is 2.89 bits per heavy atom. The zero-order chi connectivity index (χ0) is 18.8.